The maximum Gasteiger partial charge on any atom is 0.191 e. The summed E-state index contributed by atoms with van der Waals surface area (Å²) in [5.74, 6) is 0. The van der Waals surface area contributed by atoms with Crippen molar-refractivity contribution in [3.05, 3.63) is 30.3 Å². The second-order valence-corrected chi connectivity index (χ2v) is 6.13. The van der Waals surface area contributed by atoms with E-state index in [9.17, 15) is 0 Å². The molecule has 1 aromatic rings. The molecular formula is C7H12OSi2. The van der Waals surface area contributed by atoms with Gasteiger partial charge in [0.1, 0.15) is 10.5 Å². The summed E-state index contributed by atoms with van der Waals surface area (Å²) in [5, 5.41) is 1.40. The highest BCUT2D eigenvalue weighted by Crippen LogP contribution is 1.87. The Morgan fingerprint density at radius 3 is 2.40 bits per heavy atom. The van der Waals surface area contributed by atoms with Crippen LogP contribution in [0.25, 0.3) is 0 Å². The van der Waals surface area contributed by atoms with Crippen LogP contribution in [-0.4, -0.2) is 19.5 Å². The molecule has 1 rings (SSSR count). The third-order valence-corrected chi connectivity index (χ3v) is 5.77. The van der Waals surface area contributed by atoms with Gasteiger partial charge in [-0.25, -0.2) is 0 Å². The minimum atomic E-state index is -0.978. The van der Waals surface area contributed by atoms with E-state index in [2.05, 4.69) is 30.8 Å². The smallest absolute Gasteiger partial charge is 0.191 e. The molecule has 0 amide bonds. The van der Waals surface area contributed by atoms with E-state index in [-0.39, 0.29) is 0 Å². The average Bonchev–Trinajstić information content (AvgIpc) is 2.05. The Bertz CT molecular complexity index is 188. The summed E-state index contributed by atoms with van der Waals surface area (Å²) < 4.78 is 5.41. The third kappa shape index (κ3) is 1.80. The molecule has 3 heteroatoms. The van der Waals surface area contributed by atoms with Crippen LogP contribution in [0, 0.1) is 0 Å². The van der Waals surface area contributed by atoms with E-state index in [1.165, 1.54) is 5.19 Å². The lowest BCUT2D eigenvalue weighted by molar-refractivity contribution is 0.654. The summed E-state index contributed by atoms with van der Waals surface area (Å²) >= 11 is 0. The predicted octanol–water partition coefficient (Wildman–Crippen LogP) is -0.456. The number of hydrogen-bond donors (Lipinski definition) is 0. The molecule has 0 saturated heterocycles. The van der Waals surface area contributed by atoms with Gasteiger partial charge in [-0.15, -0.1) is 0 Å². The lowest BCUT2D eigenvalue weighted by Gasteiger charge is -2.06. The number of hydrogen-bond acceptors (Lipinski definition) is 1. The van der Waals surface area contributed by atoms with E-state index in [4.69, 9.17) is 4.12 Å². The second kappa shape index (κ2) is 3.70. The summed E-state index contributed by atoms with van der Waals surface area (Å²) in [5.41, 5.74) is 0. The molecule has 0 aliphatic heterocycles. The van der Waals surface area contributed by atoms with Gasteiger partial charge in [0.15, 0.2) is 9.04 Å². The van der Waals surface area contributed by atoms with Gasteiger partial charge in [-0.3, -0.25) is 0 Å². The average molecular weight is 168 g/mol. The lowest BCUT2D eigenvalue weighted by atomic mass is 10.4. The van der Waals surface area contributed by atoms with Crippen LogP contribution in [0.15, 0.2) is 30.3 Å². The van der Waals surface area contributed by atoms with E-state index in [1.54, 1.807) is 0 Å². The van der Waals surface area contributed by atoms with Crippen molar-refractivity contribution in [3.8, 4) is 0 Å². The van der Waals surface area contributed by atoms with Crippen LogP contribution < -0.4 is 5.19 Å². The fraction of sp³-hybridized carbons (Fsp3) is 0.143. The SMILES string of the molecule is C[Si@H](O[SiH3])c1ccccc1. The van der Waals surface area contributed by atoms with Crippen molar-refractivity contribution in [3.63, 3.8) is 0 Å². The summed E-state index contributed by atoms with van der Waals surface area (Å²) in [4.78, 5) is 0. The molecule has 0 unspecified atom stereocenters. The van der Waals surface area contributed by atoms with Crippen molar-refractivity contribution in [2.75, 3.05) is 0 Å². The quantitative estimate of drug-likeness (QED) is 0.543. The first-order valence-electron chi connectivity index (χ1n) is 3.42. The fourth-order valence-corrected chi connectivity index (χ4v) is 2.71. The monoisotopic (exact) mass is 168 g/mol. The zero-order valence-corrected chi connectivity index (χ0v) is 9.53. The van der Waals surface area contributed by atoms with Crippen LogP contribution >= 0.6 is 0 Å². The van der Waals surface area contributed by atoms with Crippen LogP contribution in [-0.2, 0) is 4.12 Å². The lowest BCUT2D eigenvalue weighted by Crippen LogP contribution is -2.28. The summed E-state index contributed by atoms with van der Waals surface area (Å²) in [7, 11) is -0.109. The highest BCUT2D eigenvalue weighted by molar-refractivity contribution is 6.68. The minimum Gasteiger partial charge on any atom is -0.463 e. The molecule has 0 fully saturated rings. The van der Waals surface area contributed by atoms with Crippen LogP contribution in [0.2, 0.25) is 6.55 Å². The standard InChI is InChI=1S/C7H12OSi2/c1-10(8-9)7-5-3-2-4-6-7/h2-6,10H,1,9H3/t10-/m0/s1. The number of rotatable bonds is 2. The molecule has 0 bridgehead atoms. The maximum atomic E-state index is 5.41. The van der Waals surface area contributed by atoms with Crippen LogP contribution in [0.1, 0.15) is 0 Å². The molecule has 10 heavy (non-hydrogen) atoms. The molecule has 0 N–H and O–H groups in total. The topological polar surface area (TPSA) is 9.23 Å². The van der Waals surface area contributed by atoms with Gasteiger partial charge in [0.05, 0.1) is 0 Å². The van der Waals surface area contributed by atoms with Gasteiger partial charge in [0.2, 0.25) is 0 Å². The molecule has 0 aliphatic carbocycles. The Morgan fingerprint density at radius 2 is 1.90 bits per heavy atom. The van der Waals surface area contributed by atoms with Gasteiger partial charge >= 0.3 is 0 Å². The summed E-state index contributed by atoms with van der Waals surface area (Å²) in [6.07, 6.45) is 0. The molecule has 0 spiro atoms. The van der Waals surface area contributed by atoms with E-state index in [0.29, 0.717) is 0 Å². The van der Waals surface area contributed by atoms with Gasteiger partial charge in [0.25, 0.3) is 0 Å². The summed E-state index contributed by atoms with van der Waals surface area (Å²) in [6.45, 7) is 2.21. The highest BCUT2D eigenvalue weighted by Gasteiger charge is 2.02. The Labute approximate surface area is 66.3 Å². The van der Waals surface area contributed by atoms with Gasteiger partial charge in [0, 0.05) is 0 Å². The maximum absolute atomic E-state index is 5.41. The van der Waals surface area contributed by atoms with Crippen LogP contribution in [0.5, 0.6) is 0 Å². The van der Waals surface area contributed by atoms with Gasteiger partial charge in [-0.2, -0.15) is 0 Å². The molecule has 1 atom stereocenters. The third-order valence-electron chi connectivity index (χ3n) is 1.62. The second-order valence-electron chi connectivity index (χ2n) is 2.29. The van der Waals surface area contributed by atoms with Crippen molar-refractivity contribution in [1.29, 1.82) is 0 Å². The molecule has 0 saturated carbocycles. The molecular weight excluding hydrogens is 156 g/mol. The minimum absolute atomic E-state index is 0.869. The molecule has 1 nitrogen and oxygen atoms in total. The molecule has 54 valence electrons. The largest absolute Gasteiger partial charge is 0.463 e. The zero-order valence-electron chi connectivity index (χ0n) is 6.37. The van der Waals surface area contributed by atoms with E-state index < -0.39 is 9.04 Å². The first kappa shape index (κ1) is 7.72. The normalized spacial score (nSPS) is 13.3. The summed E-state index contributed by atoms with van der Waals surface area (Å²) in [6, 6.07) is 10.5. The van der Waals surface area contributed by atoms with E-state index in [0.717, 1.165) is 10.5 Å². The zero-order chi connectivity index (χ0) is 7.40. The predicted molar refractivity (Wildman–Crippen MR) is 50.1 cm³/mol. The van der Waals surface area contributed by atoms with Crippen LogP contribution in [0.4, 0.5) is 0 Å². The van der Waals surface area contributed by atoms with Gasteiger partial charge in [-0.1, -0.05) is 30.3 Å². The Balaban J connectivity index is 2.75. The van der Waals surface area contributed by atoms with Crippen molar-refractivity contribution in [2.24, 2.45) is 0 Å². The van der Waals surface area contributed by atoms with Crippen molar-refractivity contribution >= 4 is 24.7 Å². The Morgan fingerprint density at radius 1 is 1.30 bits per heavy atom. The van der Waals surface area contributed by atoms with Gasteiger partial charge < -0.3 is 4.12 Å². The van der Waals surface area contributed by atoms with Crippen molar-refractivity contribution < 1.29 is 4.12 Å². The Kier molecular flexibility index (Phi) is 2.86. The first-order valence-corrected chi connectivity index (χ1v) is 6.44. The number of benzene rings is 1. The molecule has 0 heterocycles. The molecule has 1 aromatic carbocycles. The van der Waals surface area contributed by atoms with Gasteiger partial charge in [-0.05, 0) is 11.7 Å². The van der Waals surface area contributed by atoms with Crippen molar-refractivity contribution in [2.45, 2.75) is 6.55 Å². The Hall–Kier alpha value is -0.386. The van der Waals surface area contributed by atoms with Crippen molar-refractivity contribution in [1.82, 2.24) is 0 Å². The van der Waals surface area contributed by atoms with E-state index in [1.807, 2.05) is 6.07 Å². The molecule has 0 aromatic heterocycles. The van der Waals surface area contributed by atoms with Crippen LogP contribution in [0.3, 0.4) is 0 Å². The first-order chi connectivity index (χ1) is 4.84. The fourth-order valence-electron chi connectivity index (χ4n) is 0.860. The van der Waals surface area contributed by atoms with E-state index >= 15 is 0 Å². The molecule has 0 radical (unpaired) electrons. The highest BCUT2D eigenvalue weighted by atomic mass is 28.3. The molecule has 0 aliphatic rings.